The summed E-state index contributed by atoms with van der Waals surface area (Å²) in [4.78, 5) is 26.7. The van der Waals surface area contributed by atoms with E-state index in [0.717, 1.165) is 5.56 Å². The molecule has 0 spiro atoms. The summed E-state index contributed by atoms with van der Waals surface area (Å²) in [6, 6.07) is 15.5. The van der Waals surface area contributed by atoms with E-state index in [0.29, 0.717) is 23.3 Å². The van der Waals surface area contributed by atoms with E-state index >= 15 is 0 Å². The van der Waals surface area contributed by atoms with Crippen LogP contribution in [-0.4, -0.2) is 14.6 Å². The van der Waals surface area contributed by atoms with Gasteiger partial charge in [-0.15, -0.1) is 0 Å². The van der Waals surface area contributed by atoms with Gasteiger partial charge in [-0.1, -0.05) is 65.1 Å². The Morgan fingerprint density at radius 3 is 2.40 bits per heavy atom. The molecule has 0 radical (unpaired) electrons. The highest BCUT2D eigenvalue weighted by Gasteiger charge is 2.33. The number of nitrogens with one attached hydrogen (secondary N) is 1. The summed E-state index contributed by atoms with van der Waals surface area (Å²) in [7, 11) is 0. The summed E-state index contributed by atoms with van der Waals surface area (Å²) in [6.07, 6.45) is 0. The van der Waals surface area contributed by atoms with Gasteiger partial charge in [-0.05, 0) is 23.8 Å². The number of carbonyl (C=O) groups is 1. The zero-order chi connectivity index (χ0) is 18.0. The molecule has 0 saturated carbocycles. The molecule has 25 heavy (non-hydrogen) atoms. The topological polar surface area (TPSA) is 59.2 Å². The Morgan fingerprint density at radius 2 is 1.72 bits per heavy atom. The third-order valence-electron chi connectivity index (χ3n) is 3.60. The zero-order valence-electron chi connectivity index (χ0n) is 12.8. The Hall–Kier alpha value is -2.01. The summed E-state index contributed by atoms with van der Waals surface area (Å²) >= 11 is 17.1. The molecule has 3 aromatic rings. The molecule has 4 nitrogen and oxygen atoms in total. The van der Waals surface area contributed by atoms with E-state index in [1.807, 2.05) is 30.3 Å². The molecule has 1 N–H and O–H groups in total. The molecule has 3 rings (SSSR count). The van der Waals surface area contributed by atoms with Crippen LogP contribution < -0.4 is 10.3 Å². The number of hydrogen-bond acceptors (Lipinski definition) is 3. The molecule has 0 fully saturated rings. The van der Waals surface area contributed by atoms with E-state index in [1.165, 1.54) is 18.2 Å². The number of pyridine rings is 1. The average Bonchev–Trinajstić information content (AvgIpc) is 2.59. The van der Waals surface area contributed by atoms with Crippen LogP contribution >= 0.6 is 34.8 Å². The molecule has 0 bridgehead atoms. The zero-order valence-corrected chi connectivity index (χ0v) is 15.0. The number of halogens is 3. The fourth-order valence-corrected chi connectivity index (χ4v) is 2.74. The van der Waals surface area contributed by atoms with Crippen molar-refractivity contribution in [2.45, 2.75) is 10.4 Å². The van der Waals surface area contributed by atoms with Crippen LogP contribution in [0.3, 0.4) is 0 Å². The van der Waals surface area contributed by atoms with Gasteiger partial charge in [0, 0.05) is 17.0 Å². The molecular weight excluding hydrogens is 385 g/mol. The summed E-state index contributed by atoms with van der Waals surface area (Å²) in [5, 5.41) is 0.446. The lowest BCUT2D eigenvalue weighted by atomic mass is 10.0. The molecular formula is C18H12Cl3NO3. The van der Waals surface area contributed by atoms with Gasteiger partial charge in [0.25, 0.3) is 3.79 Å². The maximum absolute atomic E-state index is 12.3. The van der Waals surface area contributed by atoms with Crippen molar-refractivity contribution in [2.75, 3.05) is 0 Å². The number of benzene rings is 2. The van der Waals surface area contributed by atoms with Crippen molar-refractivity contribution in [3.05, 3.63) is 76.1 Å². The molecule has 0 amide bonds. The molecule has 0 aliphatic heterocycles. The van der Waals surface area contributed by atoms with Crippen molar-refractivity contribution in [2.24, 2.45) is 0 Å². The quantitative estimate of drug-likeness (QED) is 0.515. The number of H-pyrrole nitrogens is 1. The minimum Gasteiger partial charge on any atom is -0.487 e. The van der Waals surface area contributed by atoms with Crippen LogP contribution in [0.2, 0.25) is 0 Å². The summed E-state index contributed by atoms with van der Waals surface area (Å²) in [5.41, 5.74) is 1.22. The monoisotopic (exact) mass is 395 g/mol. The number of carbonyl (C=O) groups excluding carboxylic acids is 1. The maximum atomic E-state index is 12.3. The van der Waals surface area contributed by atoms with Gasteiger partial charge in [-0.2, -0.15) is 0 Å². The molecule has 1 aromatic heterocycles. The van der Waals surface area contributed by atoms with Crippen molar-refractivity contribution in [3.63, 3.8) is 0 Å². The highest BCUT2D eigenvalue weighted by Crippen LogP contribution is 2.35. The molecule has 1 heterocycles. The van der Waals surface area contributed by atoms with E-state index in [4.69, 9.17) is 39.5 Å². The maximum Gasteiger partial charge on any atom is 0.253 e. The molecule has 0 atom stereocenters. The molecule has 128 valence electrons. The third-order valence-corrected chi connectivity index (χ3v) is 4.11. The SMILES string of the molecule is O=C(c1ccc(OCc2ccccc2)c2[nH]c(=O)ccc12)C(Cl)(Cl)Cl. The van der Waals surface area contributed by atoms with Crippen molar-refractivity contribution < 1.29 is 9.53 Å². The fraction of sp³-hybridized carbons (Fsp3) is 0.111. The molecule has 0 aliphatic rings. The average molecular weight is 397 g/mol. The van der Waals surface area contributed by atoms with Crippen molar-refractivity contribution >= 4 is 51.5 Å². The van der Waals surface area contributed by atoms with Gasteiger partial charge in [-0.3, -0.25) is 9.59 Å². The first kappa shape index (κ1) is 17.8. The number of fused-ring (bicyclic) bond motifs is 1. The van der Waals surface area contributed by atoms with Gasteiger partial charge in [0.2, 0.25) is 11.3 Å². The first-order chi connectivity index (χ1) is 11.9. The molecule has 2 aromatic carbocycles. The van der Waals surface area contributed by atoms with Gasteiger partial charge in [0.1, 0.15) is 12.4 Å². The Balaban J connectivity index is 2.04. The van der Waals surface area contributed by atoms with Crippen LogP contribution in [0.4, 0.5) is 0 Å². The number of ether oxygens (including phenoxy) is 1. The Bertz CT molecular complexity index is 978. The number of hydrogen-bond donors (Lipinski definition) is 1. The Kier molecular flexibility index (Phi) is 5.04. The van der Waals surface area contributed by atoms with E-state index in [1.54, 1.807) is 6.07 Å². The van der Waals surface area contributed by atoms with Gasteiger partial charge < -0.3 is 9.72 Å². The smallest absolute Gasteiger partial charge is 0.253 e. The van der Waals surface area contributed by atoms with E-state index < -0.39 is 9.58 Å². The van der Waals surface area contributed by atoms with Gasteiger partial charge in [-0.25, -0.2) is 0 Å². The number of aromatic nitrogens is 1. The summed E-state index contributed by atoms with van der Waals surface area (Å²) in [5.74, 6) is -0.249. The highest BCUT2D eigenvalue weighted by atomic mass is 35.6. The van der Waals surface area contributed by atoms with E-state index in [-0.39, 0.29) is 11.1 Å². The van der Waals surface area contributed by atoms with Crippen molar-refractivity contribution in [1.29, 1.82) is 0 Å². The van der Waals surface area contributed by atoms with Gasteiger partial charge >= 0.3 is 0 Å². The van der Waals surface area contributed by atoms with Crippen LogP contribution in [0.1, 0.15) is 15.9 Å². The van der Waals surface area contributed by atoms with Gasteiger partial charge in [0.15, 0.2) is 0 Å². The Labute approximate surface area is 158 Å². The first-order valence-corrected chi connectivity index (χ1v) is 8.44. The lowest BCUT2D eigenvalue weighted by molar-refractivity contribution is 0.0998. The number of Topliss-reactive ketones (excluding diaryl/α,β-unsaturated/α-hetero) is 1. The molecule has 0 saturated heterocycles. The lowest BCUT2D eigenvalue weighted by Gasteiger charge is -2.14. The van der Waals surface area contributed by atoms with E-state index in [2.05, 4.69) is 4.98 Å². The highest BCUT2D eigenvalue weighted by molar-refractivity contribution is 6.77. The minimum atomic E-state index is -2.09. The normalized spacial score (nSPS) is 11.5. The Morgan fingerprint density at radius 1 is 1.00 bits per heavy atom. The van der Waals surface area contributed by atoms with Gasteiger partial charge in [0.05, 0.1) is 5.52 Å². The second kappa shape index (κ2) is 7.08. The standard InChI is InChI=1S/C18H12Cl3NO3/c19-18(20,21)17(24)13-6-8-14(16-12(13)7-9-15(23)22-16)25-10-11-4-2-1-3-5-11/h1-9H,10H2,(H,22,23). The number of rotatable bonds is 4. The largest absolute Gasteiger partial charge is 0.487 e. The predicted molar refractivity (Wildman–Crippen MR) is 100.0 cm³/mol. The van der Waals surface area contributed by atoms with Crippen LogP contribution in [0.5, 0.6) is 5.75 Å². The van der Waals surface area contributed by atoms with E-state index in [9.17, 15) is 9.59 Å². The minimum absolute atomic E-state index is 0.193. The van der Waals surface area contributed by atoms with Crippen molar-refractivity contribution in [1.82, 2.24) is 4.98 Å². The molecule has 0 aliphatic carbocycles. The second-order valence-electron chi connectivity index (χ2n) is 5.32. The number of alkyl halides is 3. The second-order valence-corrected chi connectivity index (χ2v) is 7.60. The molecule has 7 heteroatoms. The fourth-order valence-electron chi connectivity index (χ4n) is 2.43. The molecule has 0 unspecified atom stereocenters. The van der Waals surface area contributed by atoms with Crippen LogP contribution in [-0.2, 0) is 6.61 Å². The van der Waals surface area contributed by atoms with Crippen LogP contribution in [0.25, 0.3) is 10.9 Å². The predicted octanol–water partition coefficient (Wildman–Crippen LogP) is 4.66. The van der Waals surface area contributed by atoms with Crippen molar-refractivity contribution in [3.8, 4) is 5.75 Å². The summed E-state index contributed by atoms with van der Waals surface area (Å²) < 4.78 is 3.71. The first-order valence-electron chi connectivity index (χ1n) is 7.30. The summed E-state index contributed by atoms with van der Waals surface area (Å²) in [6.45, 7) is 0.310. The number of ketones is 1. The van der Waals surface area contributed by atoms with Crippen LogP contribution in [0, 0.1) is 0 Å². The lowest BCUT2D eigenvalue weighted by Crippen LogP contribution is -2.19. The number of aromatic amines is 1. The third kappa shape index (κ3) is 3.98. The van der Waals surface area contributed by atoms with Crippen LogP contribution in [0.15, 0.2) is 59.4 Å².